The molecule has 5 atom stereocenters. The van der Waals surface area contributed by atoms with E-state index in [1.165, 1.54) is 24.0 Å². The van der Waals surface area contributed by atoms with E-state index in [0.717, 1.165) is 42.1 Å². The molecule has 0 spiro atoms. The van der Waals surface area contributed by atoms with Crippen LogP contribution in [0.5, 0.6) is 5.75 Å². The Hall–Kier alpha value is -1.96. The summed E-state index contributed by atoms with van der Waals surface area (Å²) in [4.78, 5) is 0. The van der Waals surface area contributed by atoms with E-state index in [-0.39, 0.29) is 6.10 Å². The molecule has 0 aromatic heterocycles. The van der Waals surface area contributed by atoms with Gasteiger partial charge in [0.15, 0.2) is 0 Å². The molecule has 5 rings (SSSR count). The Labute approximate surface area is 194 Å². The molecule has 6 heteroatoms. The lowest BCUT2D eigenvalue weighted by Gasteiger charge is -2.40. The summed E-state index contributed by atoms with van der Waals surface area (Å²) in [6.45, 7) is 1.61. The zero-order chi connectivity index (χ0) is 23.1. The van der Waals surface area contributed by atoms with Crippen LogP contribution in [0.3, 0.4) is 0 Å². The summed E-state index contributed by atoms with van der Waals surface area (Å²) in [5, 5.41) is 40.8. The zero-order valence-electron chi connectivity index (χ0n) is 19.1. The molecule has 0 unspecified atom stereocenters. The predicted octanol–water partition coefficient (Wildman–Crippen LogP) is 2.91. The van der Waals surface area contributed by atoms with Gasteiger partial charge in [0.05, 0.1) is 12.7 Å². The molecule has 1 saturated heterocycles. The molecule has 0 bridgehead atoms. The van der Waals surface area contributed by atoms with Crippen LogP contribution in [-0.2, 0) is 11.2 Å². The fraction of sp³-hybridized carbons (Fsp3) is 0.556. The standard InChI is InChI=1S/C27H34O6/c1-15-19(11-16-5-7-17(8-6-16)18-9-10-18)12-20(13-22(15)32-21-3-2-4-21)27-26(31)25(30)24(29)23(14-28)33-27/h5-8,12-13,18,21,23-31H,2-4,9-11,14H2,1H3/t23-,24-,25+,26-,27+/m1/s1. The van der Waals surface area contributed by atoms with Crippen molar-refractivity contribution in [2.75, 3.05) is 6.61 Å². The van der Waals surface area contributed by atoms with Gasteiger partial charge in [0.1, 0.15) is 36.3 Å². The number of hydrogen-bond donors (Lipinski definition) is 4. The van der Waals surface area contributed by atoms with E-state index in [9.17, 15) is 20.4 Å². The summed E-state index contributed by atoms with van der Waals surface area (Å²) in [5.74, 6) is 1.48. The third-order valence-corrected chi connectivity index (χ3v) is 7.48. The molecule has 3 fully saturated rings. The molecular formula is C27H34O6. The van der Waals surface area contributed by atoms with Gasteiger partial charge >= 0.3 is 0 Å². The number of hydrogen-bond acceptors (Lipinski definition) is 6. The lowest BCUT2D eigenvalue weighted by Crippen LogP contribution is -2.55. The van der Waals surface area contributed by atoms with Crippen molar-refractivity contribution in [2.24, 2.45) is 0 Å². The smallest absolute Gasteiger partial charge is 0.123 e. The van der Waals surface area contributed by atoms with Crippen LogP contribution >= 0.6 is 0 Å². The molecule has 4 N–H and O–H groups in total. The van der Waals surface area contributed by atoms with Gasteiger partial charge in [-0.3, -0.25) is 0 Å². The van der Waals surface area contributed by atoms with E-state index in [4.69, 9.17) is 9.47 Å². The van der Waals surface area contributed by atoms with E-state index >= 15 is 0 Å². The van der Waals surface area contributed by atoms with Crippen molar-refractivity contribution < 1.29 is 29.9 Å². The first-order valence-electron chi connectivity index (χ1n) is 12.1. The average Bonchev–Trinajstić information content (AvgIpc) is 3.63. The van der Waals surface area contributed by atoms with Gasteiger partial charge in [0, 0.05) is 0 Å². The summed E-state index contributed by atoms with van der Waals surface area (Å²) in [6, 6.07) is 12.7. The van der Waals surface area contributed by atoms with Crippen LogP contribution in [0.4, 0.5) is 0 Å². The normalized spacial score (nSPS) is 30.2. The second kappa shape index (κ2) is 9.35. The third-order valence-electron chi connectivity index (χ3n) is 7.48. The van der Waals surface area contributed by atoms with Crippen LogP contribution in [0.25, 0.3) is 0 Å². The fourth-order valence-corrected chi connectivity index (χ4v) is 4.83. The highest BCUT2D eigenvalue weighted by Crippen LogP contribution is 2.41. The summed E-state index contributed by atoms with van der Waals surface area (Å²) in [5.41, 5.74) is 5.40. The van der Waals surface area contributed by atoms with Gasteiger partial charge in [-0.2, -0.15) is 0 Å². The van der Waals surface area contributed by atoms with Crippen molar-refractivity contribution in [1.82, 2.24) is 0 Å². The Morgan fingerprint density at radius 2 is 1.64 bits per heavy atom. The van der Waals surface area contributed by atoms with E-state index < -0.39 is 37.1 Å². The topological polar surface area (TPSA) is 99.4 Å². The van der Waals surface area contributed by atoms with Crippen molar-refractivity contribution >= 4 is 0 Å². The van der Waals surface area contributed by atoms with Crippen LogP contribution in [-0.4, -0.2) is 57.6 Å². The van der Waals surface area contributed by atoms with Gasteiger partial charge in [-0.25, -0.2) is 0 Å². The van der Waals surface area contributed by atoms with Crippen LogP contribution in [0, 0.1) is 6.92 Å². The summed E-state index contributed by atoms with van der Waals surface area (Å²) >= 11 is 0. The van der Waals surface area contributed by atoms with Gasteiger partial charge in [0.25, 0.3) is 0 Å². The molecule has 0 amide bonds. The minimum Gasteiger partial charge on any atom is -0.490 e. The van der Waals surface area contributed by atoms with E-state index in [1.54, 1.807) is 0 Å². The largest absolute Gasteiger partial charge is 0.490 e. The number of rotatable bonds is 7. The number of aliphatic hydroxyl groups is 4. The van der Waals surface area contributed by atoms with Crippen LogP contribution < -0.4 is 4.74 Å². The minimum atomic E-state index is -1.41. The Morgan fingerprint density at radius 3 is 2.24 bits per heavy atom. The maximum absolute atomic E-state index is 10.7. The molecule has 3 aliphatic rings. The highest BCUT2D eigenvalue weighted by atomic mass is 16.5. The van der Waals surface area contributed by atoms with Gasteiger partial charge in [-0.15, -0.1) is 0 Å². The van der Waals surface area contributed by atoms with Gasteiger partial charge in [-0.1, -0.05) is 30.3 Å². The lowest BCUT2D eigenvalue weighted by molar-refractivity contribution is -0.231. The van der Waals surface area contributed by atoms with Gasteiger partial charge in [-0.05, 0) is 85.3 Å². The van der Waals surface area contributed by atoms with Crippen molar-refractivity contribution in [2.45, 2.75) is 88.0 Å². The van der Waals surface area contributed by atoms with E-state index in [1.807, 2.05) is 12.1 Å². The Morgan fingerprint density at radius 1 is 0.909 bits per heavy atom. The molecule has 178 valence electrons. The van der Waals surface area contributed by atoms with Gasteiger partial charge in [0.2, 0.25) is 0 Å². The second-order valence-corrected chi connectivity index (χ2v) is 9.92. The molecule has 1 aliphatic heterocycles. The number of ether oxygens (including phenoxy) is 2. The van der Waals surface area contributed by atoms with Crippen molar-refractivity contribution in [3.8, 4) is 5.75 Å². The quantitative estimate of drug-likeness (QED) is 0.514. The van der Waals surface area contributed by atoms with Gasteiger partial charge < -0.3 is 29.9 Å². The number of aliphatic hydroxyl groups excluding tert-OH is 4. The van der Waals surface area contributed by atoms with Crippen LogP contribution in [0.2, 0.25) is 0 Å². The first kappa shape index (κ1) is 22.8. The first-order valence-corrected chi connectivity index (χ1v) is 12.1. The molecular weight excluding hydrogens is 420 g/mol. The van der Waals surface area contributed by atoms with E-state index in [0.29, 0.717) is 12.0 Å². The SMILES string of the molecule is Cc1c(Cc2ccc(C3CC3)cc2)cc([C@@H]2O[C@H](CO)[C@@H](O)[C@H](O)[C@H]2O)cc1OC1CCC1. The Kier molecular flexibility index (Phi) is 6.47. The summed E-state index contributed by atoms with van der Waals surface area (Å²) in [6.07, 6.45) is 0.779. The molecule has 33 heavy (non-hydrogen) atoms. The van der Waals surface area contributed by atoms with Crippen LogP contribution in [0.15, 0.2) is 36.4 Å². The summed E-state index contributed by atoms with van der Waals surface area (Å²) < 4.78 is 12.1. The van der Waals surface area contributed by atoms with Crippen LogP contribution in [0.1, 0.15) is 71.9 Å². The molecule has 1 heterocycles. The molecule has 2 saturated carbocycles. The van der Waals surface area contributed by atoms with E-state index in [2.05, 4.69) is 31.2 Å². The number of benzene rings is 2. The molecule has 2 aromatic carbocycles. The minimum absolute atomic E-state index is 0.194. The Balaban J connectivity index is 1.47. The second-order valence-electron chi connectivity index (χ2n) is 9.92. The lowest BCUT2D eigenvalue weighted by atomic mass is 9.88. The summed E-state index contributed by atoms with van der Waals surface area (Å²) in [7, 11) is 0. The first-order chi connectivity index (χ1) is 15.9. The highest BCUT2D eigenvalue weighted by Gasteiger charge is 2.44. The zero-order valence-corrected chi connectivity index (χ0v) is 19.1. The van der Waals surface area contributed by atoms with Crippen molar-refractivity contribution in [1.29, 1.82) is 0 Å². The maximum atomic E-state index is 10.7. The maximum Gasteiger partial charge on any atom is 0.123 e. The monoisotopic (exact) mass is 454 g/mol. The van der Waals surface area contributed by atoms with Crippen molar-refractivity contribution in [3.05, 3.63) is 64.2 Å². The fourth-order valence-electron chi connectivity index (χ4n) is 4.83. The molecule has 6 nitrogen and oxygen atoms in total. The predicted molar refractivity (Wildman–Crippen MR) is 123 cm³/mol. The molecule has 0 radical (unpaired) electrons. The third kappa shape index (κ3) is 4.68. The molecule has 2 aliphatic carbocycles. The Bertz CT molecular complexity index is 963. The average molecular weight is 455 g/mol. The molecule has 2 aromatic rings. The van der Waals surface area contributed by atoms with Crippen molar-refractivity contribution in [3.63, 3.8) is 0 Å². The highest BCUT2D eigenvalue weighted by molar-refractivity contribution is 5.47.